The van der Waals surface area contributed by atoms with Gasteiger partial charge in [-0.25, -0.2) is 4.79 Å². The monoisotopic (exact) mass is 419 g/mol. The first kappa shape index (κ1) is 20.7. The molecule has 1 N–H and O–H groups in total. The van der Waals surface area contributed by atoms with Gasteiger partial charge in [0.2, 0.25) is 6.10 Å². The second kappa shape index (κ2) is 8.63. The van der Waals surface area contributed by atoms with Gasteiger partial charge in [0.1, 0.15) is 5.76 Å². The highest BCUT2D eigenvalue weighted by Crippen LogP contribution is 2.24. The summed E-state index contributed by atoms with van der Waals surface area (Å²) in [6, 6.07) is 13.0. The molecule has 0 saturated heterocycles. The fourth-order valence-corrected chi connectivity index (χ4v) is 3.49. The van der Waals surface area contributed by atoms with Gasteiger partial charge in [-0.05, 0) is 51.3 Å². The summed E-state index contributed by atoms with van der Waals surface area (Å²) < 4.78 is 12.7. The van der Waals surface area contributed by atoms with Gasteiger partial charge in [-0.1, -0.05) is 35.5 Å². The Morgan fingerprint density at radius 3 is 2.58 bits per heavy atom. The maximum absolute atomic E-state index is 12.6. The van der Waals surface area contributed by atoms with E-state index in [1.807, 2.05) is 55.7 Å². The number of hydrogen-bond acceptors (Lipinski definition) is 5. The molecule has 2 heterocycles. The lowest BCUT2D eigenvalue weighted by molar-refractivity contribution is -0.151. The number of carbonyl (C=O) groups excluding carboxylic acids is 2. The third-order valence-electron chi connectivity index (χ3n) is 5.21. The second-order valence-electron chi connectivity index (χ2n) is 7.80. The Hall–Kier alpha value is -3.61. The Bertz CT molecular complexity index is 1120. The van der Waals surface area contributed by atoms with Crippen LogP contribution in [0, 0.1) is 20.8 Å². The van der Waals surface area contributed by atoms with Crippen LogP contribution in [0.5, 0.6) is 0 Å². The number of carbonyl (C=O) groups is 2. The van der Waals surface area contributed by atoms with Crippen LogP contribution in [0.25, 0.3) is 11.9 Å². The fraction of sp³-hybridized carbons (Fsp3) is 0.292. The fourth-order valence-electron chi connectivity index (χ4n) is 3.49. The first-order valence-corrected chi connectivity index (χ1v) is 10.3. The van der Waals surface area contributed by atoms with Gasteiger partial charge in [0.05, 0.1) is 0 Å². The summed E-state index contributed by atoms with van der Waals surface area (Å²) in [6.07, 6.45) is 3.98. The molecule has 1 atom stereocenters. The van der Waals surface area contributed by atoms with Crippen molar-refractivity contribution in [3.63, 3.8) is 0 Å². The number of rotatable bonds is 7. The first-order valence-electron chi connectivity index (χ1n) is 10.3. The molecule has 3 aromatic rings. The lowest BCUT2D eigenvalue weighted by atomic mass is 10.1. The summed E-state index contributed by atoms with van der Waals surface area (Å²) in [4.78, 5) is 25.2. The Morgan fingerprint density at radius 1 is 1.19 bits per heavy atom. The lowest BCUT2D eigenvalue weighted by Crippen LogP contribution is -2.33. The van der Waals surface area contributed by atoms with Crippen molar-refractivity contribution in [3.8, 4) is 5.82 Å². The van der Waals surface area contributed by atoms with E-state index in [2.05, 4.69) is 10.5 Å². The summed E-state index contributed by atoms with van der Waals surface area (Å²) in [5.74, 6) is 0.534. The number of amides is 1. The Balaban J connectivity index is 1.51. The molecule has 160 valence electrons. The van der Waals surface area contributed by atoms with E-state index in [9.17, 15) is 9.59 Å². The van der Waals surface area contributed by atoms with E-state index >= 15 is 0 Å². The zero-order chi connectivity index (χ0) is 22.0. The molecule has 2 aromatic heterocycles. The lowest BCUT2D eigenvalue weighted by Gasteiger charge is -2.17. The minimum Gasteiger partial charge on any atom is -0.444 e. The smallest absolute Gasteiger partial charge is 0.331 e. The van der Waals surface area contributed by atoms with Gasteiger partial charge in [-0.2, -0.15) is 0 Å². The molecule has 1 saturated carbocycles. The van der Waals surface area contributed by atoms with Crippen LogP contribution in [0.2, 0.25) is 0 Å². The predicted octanol–water partition coefficient (Wildman–Crippen LogP) is 3.97. The van der Waals surface area contributed by atoms with Crippen LogP contribution in [0.15, 0.2) is 53.1 Å². The maximum Gasteiger partial charge on any atom is 0.331 e. The van der Waals surface area contributed by atoms with Crippen LogP contribution >= 0.6 is 0 Å². The number of benzene rings is 1. The second-order valence-corrected chi connectivity index (χ2v) is 7.80. The molecule has 0 spiro atoms. The van der Waals surface area contributed by atoms with Crippen molar-refractivity contribution in [2.75, 3.05) is 0 Å². The minimum absolute atomic E-state index is 0.179. The molecule has 1 amide bonds. The molecular formula is C24H25N3O4. The van der Waals surface area contributed by atoms with Crippen LogP contribution in [0.3, 0.4) is 0 Å². The quantitative estimate of drug-likeness (QED) is 0.463. The predicted molar refractivity (Wildman–Crippen MR) is 116 cm³/mol. The summed E-state index contributed by atoms with van der Waals surface area (Å²) in [5, 5.41) is 6.98. The number of aryl methyl sites for hydroxylation is 2. The molecule has 0 bridgehead atoms. The van der Waals surface area contributed by atoms with E-state index in [0.717, 1.165) is 35.6 Å². The zero-order valence-corrected chi connectivity index (χ0v) is 17.8. The van der Waals surface area contributed by atoms with E-state index in [0.29, 0.717) is 11.4 Å². The maximum atomic E-state index is 12.6. The normalized spacial score (nSPS) is 14.5. The van der Waals surface area contributed by atoms with E-state index in [1.165, 1.54) is 6.08 Å². The van der Waals surface area contributed by atoms with Crippen molar-refractivity contribution in [3.05, 3.63) is 76.8 Å². The van der Waals surface area contributed by atoms with Crippen molar-refractivity contribution < 1.29 is 18.8 Å². The van der Waals surface area contributed by atoms with Crippen LogP contribution in [0.1, 0.15) is 47.2 Å². The molecule has 1 aliphatic carbocycles. The average molecular weight is 419 g/mol. The molecule has 7 heteroatoms. The Morgan fingerprint density at radius 2 is 1.94 bits per heavy atom. The van der Waals surface area contributed by atoms with Crippen LogP contribution in [-0.4, -0.2) is 27.6 Å². The van der Waals surface area contributed by atoms with Gasteiger partial charge in [-0.3, -0.25) is 9.36 Å². The van der Waals surface area contributed by atoms with Gasteiger partial charge in [0.15, 0.2) is 5.82 Å². The molecule has 0 aliphatic heterocycles. The molecule has 0 radical (unpaired) electrons. The standard InChI is InChI=1S/C24H25N3O4/c1-15-13-19(17(3)27(15)21-14-16(2)31-26-21)9-12-22(28)30-23(18-7-5-4-6-8-18)24(29)25-20-10-11-20/h4-9,12-14,20,23H,10-11H2,1-3H3,(H,25,29)/b12-9+/t23-/m1/s1. The van der Waals surface area contributed by atoms with E-state index in [1.54, 1.807) is 18.2 Å². The molecule has 1 fully saturated rings. The largest absolute Gasteiger partial charge is 0.444 e. The van der Waals surface area contributed by atoms with Gasteiger partial charge in [-0.15, -0.1) is 0 Å². The van der Waals surface area contributed by atoms with Gasteiger partial charge >= 0.3 is 5.97 Å². The molecule has 4 rings (SSSR count). The summed E-state index contributed by atoms with van der Waals surface area (Å²) >= 11 is 0. The molecule has 1 aliphatic rings. The van der Waals surface area contributed by atoms with Crippen molar-refractivity contribution in [1.29, 1.82) is 0 Å². The number of ether oxygens (including phenoxy) is 1. The number of aromatic nitrogens is 2. The topological polar surface area (TPSA) is 86.4 Å². The summed E-state index contributed by atoms with van der Waals surface area (Å²) in [5.41, 5.74) is 3.38. The third kappa shape index (κ3) is 4.77. The third-order valence-corrected chi connectivity index (χ3v) is 5.21. The van der Waals surface area contributed by atoms with Crippen molar-refractivity contribution in [2.24, 2.45) is 0 Å². The average Bonchev–Trinajstić information content (AvgIpc) is 3.39. The number of nitrogens with zero attached hydrogens (tertiary/aromatic N) is 2. The van der Waals surface area contributed by atoms with Crippen molar-refractivity contribution in [2.45, 2.75) is 45.8 Å². The minimum atomic E-state index is -0.982. The number of hydrogen-bond donors (Lipinski definition) is 1. The Labute approximate surface area is 180 Å². The Kier molecular flexibility index (Phi) is 5.75. The first-order chi connectivity index (χ1) is 14.9. The SMILES string of the molecule is Cc1cc(-n2c(C)cc(/C=C/C(=O)O[C@@H](C(=O)NC3CC3)c3ccccc3)c2C)no1. The molecule has 0 unspecified atom stereocenters. The number of nitrogens with one attached hydrogen (secondary N) is 1. The molecule has 7 nitrogen and oxygen atoms in total. The summed E-state index contributed by atoms with van der Waals surface area (Å²) in [6.45, 7) is 5.74. The highest BCUT2D eigenvalue weighted by molar-refractivity contribution is 5.91. The van der Waals surface area contributed by atoms with E-state index in [-0.39, 0.29) is 11.9 Å². The summed E-state index contributed by atoms with van der Waals surface area (Å²) in [7, 11) is 0. The number of esters is 1. The highest BCUT2D eigenvalue weighted by atomic mass is 16.5. The van der Waals surface area contributed by atoms with Gasteiger partial charge in [0.25, 0.3) is 5.91 Å². The molecule has 1 aromatic carbocycles. The van der Waals surface area contributed by atoms with Gasteiger partial charge < -0.3 is 14.6 Å². The van der Waals surface area contributed by atoms with Crippen molar-refractivity contribution in [1.82, 2.24) is 15.0 Å². The zero-order valence-electron chi connectivity index (χ0n) is 17.8. The molecule has 31 heavy (non-hydrogen) atoms. The van der Waals surface area contributed by atoms with Crippen LogP contribution < -0.4 is 5.32 Å². The molecular weight excluding hydrogens is 394 g/mol. The van der Waals surface area contributed by atoms with Crippen LogP contribution in [-0.2, 0) is 14.3 Å². The van der Waals surface area contributed by atoms with E-state index < -0.39 is 12.1 Å². The van der Waals surface area contributed by atoms with Gasteiger partial charge in [0, 0.05) is 35.1 Å². The van der Waals surface area contributed by atoms with Crippen LogP contribution in [0.4, 0.5) is 0 Å². The highest BCUT2D eigenvalue weighted by Gasteiger charge is 2.30. The van der Waals surface area contributed by atoms with Crippen molar-refractivity contribution >= 4 is 18.0 Å². The van der Waals surface area contributed by atoms with E-state index in [4.69, 9.17) is 9.26 Å².